The van der Waals surface area contributed by atoms with Crippen LogP contribution in [0.1, 0.15) is 21.5 Å². The van der Waals surface area contributed by atoms with Crippen molar-refractivity contribution < 1.29 is 23.8 Å². The van der Waals surface area contributed by atoms with Crippen LogP contribution < -0.4 is 14.8 Å². The third-order valence-electron chi connectivity index (χ3n) is 4.04. The number of carbonyl (C=O) groups is 2. The highest BCUT2D eigenvalue weighted by Gasteiger charge is 2.17. The number of benzene rings is 2. The average Bonchev–Trinajstić information content (AvgIpc) is 3.08. The molecule has 0 fully saturated rings. The Bertz CT molecular complexity index is 1040. The third kappa shape index (κ3) is 4.23. The molecule has 0 spiro atoms. The molecular weight excluding hydrogens is 380 g/mol. The maximum absolute atomic E-state index is 12.3. The molecular formula is C20H20N2O5S. The lowest BCUT2D eigenvalue weighted by Crippen LogP contribution is -2.21. The zero-order chi connectivity index (χ0) is 20.3. The van der Waals surface area contributed by atoms with Gasteiger partial charge in [0.25, 0.3) is 5.91 Å². The number of thiazole rings is 1. The highest BCUT2D eigenvalue weighted by Crippen LogP contribution is 2.29. The molecule has 1 heterocycles. The van der Waals surface area contributed by atoms with Crippen LogP contribution >= 0.6 is 11.3 Å². The van der Waals surface area contributed by atoms with Crippen LogP contribution in [-0.2, 0) is 9.53 Å². The minimum absolute atomic E-state index is 0.210. The maximum Gasteiger partial charge on any atom is 0.342 e. The molecule has 7 nitrogen and oxygen atoms in total. The molecule has 0 atom stereocenters. The Balaban J connectivity index is 1.64. The number of anilines is 1. The van der Waals surface area contributed by atoms with E-state index >= 15 is 0 Å². The summed E-state index contributed by atoms with van der Waals surface area (Å²) >= 11 is 1.38. The van der Waals surface area contributed by atoms with Crippen molar-refractivity contribution in [2.24, 2.45) is 0 Å². The highest BCUT2D eigenvalue weighted by atomic mass is 32.1. The lowest BCUT2D eigenvalue weighted by atomic mass is 10.1. The molecule has 0 saturated carbocycles. The normalized spacial score (nSPS) is 10.6. The van der Waals surface area contributed by atoms with Gasteiger partial charge in [-0.2, -0.15) is 0 Å². The first kappa shape index (κ1) is 19.6. The number of methoxy groups -OCH3 is 2. The molecule has 0 bridgehead atoms. The van der Waals surface area contributed by atoms with E-state index in [9.17, 15) is 9.59 Å². The topological polar surface area (TPSA) is 86.8 Å². The summed E-state index contributed by atoms with van der Waals surface area (Å²) in [4.78, 5) is 28.9. The second kappa shape index (κ2) is 8.26. The fraction of sp³-hybridized carbons (Fsp3) is 0.250. The number of esters is 1. The molecule has 2 aromatic carbocycles. The number of hydrogen-bond acceptors (Lipinski definition) is 7. The highest BCUT2D eigenvalue weighted by molar-refractivity contribution is 7.22. The molecule has 8 heteroatoms. The number of amides is 1. The largest absolute Gasteiger partial charge is 0.497 e. The minimum Gasteiger partial charge on any atom is -0.497 e. The summed E-state index contributed by atoms with van der Waals surface area (Å²) in [6, 6.07) is 8.77. The van der Waals surface area contributed by atoms with Crippen LogP contribution in [-0.4, -0.2) is 37.7 Å². The molecule has 3 aromatic rings. The van der Waals surface area contributed by atoms with E-state index in [0.717, 1.165) is 21.3 Å². The predicted molar refractivity (Wildman–Crippen MR) is 108 cm³/mol. The van der Waals surface area contributed by atoms with Crippen molar-refractivity contribution in [3.05, 3.63) is 47.0 Å². The smallest absolute Gasteiger partial charge is 0.342 e. The van der Waals surface area contributed by atoms with Crippen LogP contribution in [0.3, 0.4) is 0 Å². The predicted octanol–water partition coefficient (Wildman–Crippen LogP) is 3.73. The van der Waals surface area contributed by atoms with E-state index in [1.807, 2.05) is 26.0 Å². The summed E-state index contributed by atoms with van der Waals surface area (Å²) in [5, 5.41) is 3.14. The number of hydrogen-bond donors (Lipinski definition) is 1. The van der Waals surface area contributed by atoms with E-state index in [-0.39, 0.29) is 5.56 Å². The van der Waals surface area contributed by atoms with Gasteiger partial charge >= 0.3 is 5.97 Å². The van der Waals surface area contributed by atoms with Gasteiger partial charge in [0.2, 0.25) is 0 Å². The van der Waals surface area contributed by atoms with E-state index in [4.69, 9.17) is 14.2 Å². The summed E-state index contributed by atoms with van der Waals surface area (Å²) < 4.78 is 16.4. The molecule has 0 unspecified atom stereocenters. The monoisotopic (exact) mass is 400 g/mol. The molecule has 3 rings (SSSR count). The van der Waals surface area contributed by atoms with E-state index in [2.05, 4.69) is 10.3 Å². The average molecular weight is 400 g/mol. The van der Waals surface area contributed by atoms with Gasteiger partial charge in [-0.3, -0.25) is 10.1 Å². The molecule has 0 radical (unpaired) electrons. The van der Waals surface area contributed by atoms with Crippen molar-refractivity contribution in [2.75, 3.05) is 26.1 Å². The lowest BCUT2D eigenvalue weighted by molar-refractivity contribution is -0.119. The Labute approximate surface area is 166 Å². The van der Waals surface area contributed by atoms with Gasteiger partial charge in [0.15, 0.2) is 11.7 Å². The van der Waals surface area contributed by atoms with Gasteiger partial charge in [-0.1, -0.05) is 17.4 Å². The van der Waals surface area contributed by atoms with Crippen LogP contribution in [0.5, 0.6) is 11.5 Å². The molecule has 1 N–H and O–H groups in total. The van der Waals surface area contributed by atoms with Gasteiger partial charge in [-0.15, -0.1) is 0 Å². The zero-order valence-corrected chi connectivity index (χ0v) is 16.8. The maximum atomic E-state index is 12.3. The number of nitrogens with zero attached hydrogens (tertiary/aromatic N) is 1. The number of fused-ring (bicyclic) bond motifs is 1. The van der Waals surface area contributed by atoms with E-state index in [0.29, 0.717) is 16.6 Å². The first-order chi connectivity index (χ1) is 13.4. The Hall–Kier alpha value is -3.13. The minimum atomic E-state index is -0.662. The molecule has 1 amide bonds. The van der Waals surface area contributed by atoms with Crippen molar-refractivity contribution in [3.63, 3.8) is 0 Å². The fourth-order valence-electron chi connectivity index (χ4n) is 2.76. The Kier molecular flexibility index (Phi) is 5.79. The van der Waals surface area contributed by atoms with Crippen molar-refractivity contribution in [3.8, 4) is 11.5 Å². The molecule has 0 aliphatic heterocycles. The summed E-state index contributed by atoms with van der Waals surface area (Å²) in [6.07, 6.45) is 0. The van der Waals surface area contributed by atoms with Crippen molar-refractivity contribution in [1.29, 1.82) is 0 Å². The van der Waals surface area contributed by atoms with Gasteiger partial charge in [0, 0.05) is 6.07 Å². The summed E-state index contributed by atoms with van der Waals surface area (Å²) in [6.45, 7) is 3.56. The number of carbonyl (C=O) groups excluding carboxylic acids is 2. The SMILES string of the molecule is COc1ccc(C(=O)OCC(=O)Nc2nc3c(C)cc(C)cc3s2)c(OC)c1. The van der Waals surface area contributed by atoms with E-state index < -0.39 is 18.5 Å². The van der Waals surface area contributed by atoms with Gasteiger partial charge in [0.1, 0.15) is 17.1 Å². The first-order valence-corrected chi connectivity index (χ1v) is 9.29. The Morgan fingerprint density at radius 2 is 1.89 bits per heavy atom. The first-order valence-electron chi connectivity index (χ1n) is 8.48. The second-order valence-electron chi connectivity index (χ2n) is 6.14. The Morgan fingerprint density at radius 3 is 2.61 bits per heavy atom. The fourth-order valence-corrected chi connectivity index (χ4v) is 3.81. The van der Waals surface area contributed by atoms with Crippen LogP contribution in [0.25, 0.3) is 10.2 Å². The number of aromatic nitrogens is 1. The molecule has 0 aliphatic carbocycles. The molecule has 0 aliphatic rings. The third-order valence-corrected chi connectivity index (χ3v) is 4.96. The Morgan fingerprint density at radius 1 is 1.11 bits per heavy atom. The van der Waals surface area contributed by atoms with Crippen molar-refractivity contribution in [1.82, 2.24) is 4.98 Å². The lowest BCUT2D eigenvalue weighted by Gasteiger charge is -2.10. The van der Waals surface area contributed by atoms with Crippen LogP contribution in [0.2, 0.25) is 0 Å². The summed E-state index contributed by atoms with van der Waals surface area (Å²) in [7, 11) is 2.96. The molecule has 28 heavy (non-hydrogen) atoms. The van der Waals surface area contributed by atoms with Crippen molar-refractivity contribution >= 4 is 38.6 Å². The quantitative estimate of drug-likeness (QED) is 0.635. The van der Waals surface area contributed by atoms with Crippen LogP contribution in [0.15, 0.2) is 30.3 Å². The number of aryl methyl sites for hydroxylation is 2. The molecule has 1 aromatic heterocycles. The summed E-state index contributed by atoms with van der Waals surface area (Å²) in [5.41, 5.74) is 3.24. The number of nitrogens with one attached hydrogen (secondary N) is 1. The van der Waals surface area contributed by atoms with Gasteiger partial charge in [-0.25, -0.2) is 9.78 Å². The van der Waals surface area contributed by atoms with Crippen LogP contribution in [0.4, 0.5) is 5.13 Å². The van der Waals surface area contributed by atoms with Crippen LogP contribution in [0, 0.1) is 13.8 Å². The standard InChI is InChI=1S/C20H20N2O5S/c1-11-7-12(2)18-16(8-11)28-20(22-18)21-17(23)10-27-19(24)14-6-5-13(25-3)9-15(14)26-4/h5-9H,10H2,1-4H3,(H,21,22,23). The second-order valence-corrected chi connectivity index (χ2v) is 7.17. The van der Waals surface area contributed by atoms with Crippen molar-refractivity contribution in [2.45, 2.75) is 13.8 Å². The zero-order valence-electron chi connectivity index (χ0n) is 16.0. The molecule has 0 saturated heterocycles. The van der Waals surface area contributed by atoms with Gasteiger partial charge < -0.3 is 14.2 Å². The van der Waals surface area contributed by atoms with E-state index in [1.54, 1.807) is 12.1 Å². The number of rotatable bonds is 6. The van der Waals surface area contributed by atoms with Gasteiger partial charge in [0.05, 0.1) is 24.4 Å². The van der Waals surface area contributed by atoms with Gasteiger partial charge in [-0.05, 0) is 43.2 Å². The van der Waals surface area contributed by atoms with E-state index in [1.165, 1.54) is 31.6 Å². The molecule has 146 valence electrons. The number of ether oxygens (including phenoxy) is 3. The summed E-state index contributed by atoms with van der Waals surface area (Å²) in [5.74, 6) is -0.269.